The van der Waals surface area contributed by atoms with Crippen LogP contribution in [-0.4, -0.2) is 46.1 Å². The van der Waals surface area contributed by atoms with Crippen LogP contribution in [0.2, 0.25) is 0 Å². The average molecular weight is 636 g/mol. The van der Waals surface area contributed by atoms with Crippen molar-refractivity contribution in [2.45, 2.75) is 218 Å². The molecule has 3 atom stereocenters. The van der Waals surface area contributed by atoms with Gasteiger partial charge in [0.25, 0.3) is 0 Å². The molecule has 45 heavy (non-hydrogen) atoms. The van der Waals surface area contributed by atoms with Crippen LogP contribution in [0.3, 0.4) is 0 Å². The summed E-state index contributed by atoms with van der Waals surface area (Å²) in [5.74, 6) is -0.292. The molecule has 0 heterocycles. The summed E-state index contributed by atoms with van der Waals surface area (Å²) in [4.78, 5) is 12.4. The van der Waals surface area contributed by atoms with Gasteiger partial charge in [0.1, 0.15) is 0 Å². The molecule has 5 nitrogen and oxygen atoms in total. The van der Waals surface area contributed by atoms with Gasteiger partial charge in [-0.25, -0.2) is 0 Å². The first-order chi connectivity index (χ1) is 22.0. The lowest BCUT2D eigenvalue weighted by molar-refractivity contribution is -0.125. The Hall–Kier alpha value is -1.17. The first kappa shape index (κ1) is 43.8. The molecule has 3 unspecified atom stereocenters. The minimum Gasteiger partial charge on any atom is -0.394 e. The van der Waals surface area contributed by atoms with Crippen molar-refractivity contribution in [3.63, 3.8) is 0 Å². The van der Waals surface area contributed by atoms with Gasteiger partial charge in [-0.15, -0.1) is 0 Å². The van der Waals surface area contributed by atoms with Crippen molar-refractivity contribution >= 4 is 5.91 Å². The van der Waals surface area contributed by atoms with Gasteiger partial charge < -0.3 is 20.6 Å². The zero-order valence-electron chi connectivity index (χ0n) is 30.0. The van der Waals surface area contributed by atoms with E-state index in [0.29, 0.717) is 12.8 Å². The summed E-state index contributed by atoms with van der Waals surface area (Å²) in [6.07, 6.45) is 41.2. The molecule has 0 rings (SSSR count). The maximum Gasteiger partial charge on any atom is 0.222 e. The van der Waals surface area contributed by atoms with Crippen LogP contribution in [0, 0.1) is 0 Å². The zero-order valence-corrected chi connectivity index (χ0v) is 30.0. The number of amides is 1. The standard InChI is InChI=1S/C40H77NO4/c1-3-5-7-9-11-13-15-17-19-21-23-25-27-29-31-33-37(43)35-40(45)41-38(36-42)39(44)34-32-30-28-26-24-22-20-18-16-14-12-10-8-6-4-2/h11,13,17,19,37-39,42-44H,3-10,12,14-16,18,20-36H2,1-2H3,(H,41,45)/b13-11-,19-17-. The maximum absolute atomic E-state index is 12.4. The van der Waals surface area contributed by atoms with Crippen molar-refractivity contribution in [2.75, 3.05) is 6.61 Å². The number of hydrogen-bond donors (Lipinski definition) is 4. The fourth-order valence-corrected chi connectivity index (χ4v) is 5.96. The second-order valence-corrected chi connectivity index (χ2v) is 13.5. The smallest absolute Gasteiger partial charge is 0.222 e. The number of hydrogen-bond acceptors (Lipinski definition) is 4. The Bertz CT molecular complexity index is 665. The number of carbonyl (C=O) groups excluding carboxylic acids is 1. The van der Waals surface area contributed by atoms with Gasteiger partial charge in [0.15, 0.2) is 0 Å². The summed E-state index contributed by atoms with van der Waals surface area (Å²) in [6.45, 7) is 4.22. The van der Waals surface area contributed by atoms with E-state index in [1.165, 1.54) is 122 Å². The fraction of sp³-hybridized carbons (Fsp3) is 0.875. The molecule has 0 spiro atoms. The lowest BCUT2D eigenvalue weighted by Crippen LogP contribution is -2.46. The van der Waals surface area contributed by atoms with Crippen molar-refractivity contribution < 1.29 is 20.1 Å². The molecule has 0 radical (unpaired) electrons. The molecule has 266 valence electrons. The van der Waals surface area contributed by atoms with Gasteiger partial charge in [-0.3, -0.25) is 4.79 Å². The van der Waals surface area contributed by atoms with Crippen molar-refractivity contribution in [2.24, 2.45) is 0 Å². The molecule has 0 bridgehead atoms. The molecule has 1 amide bonds. The summed E-state index contributed by atoms with van der Waals surface area (Å²) < 4.78 is 0. The normalized spacial score (nSPS) is 14.0. The van der Waals surface area contributed by atoms with Gasteiger partial charge in [-0.2, -0.15) is 0 Å². The topological polar surface area (TPSA) is 89.8 Å². The minimum atomic E-state index is -0.750. The van der Waals surface area contributed by atoms with Crippen molar-refractivity contribution in [3.05, 3.63) is 24.3 Å². The van der Waals surface area contributed by atoms with E-state index in [9.17, 15) is 20.1 Å². The molecule has 0 aromatic carbocycles. The van der Waals surface area contributed by atoms with Crippen LogP contribution in [0.1, 0.15) is 200 Å². The molecule has 0 aliphatic heterocycles. The predicted molar refractivity (Wildman–Crippen MR) is 195 cm³/mol. The molecule has 0 fully saturated rings. The zero-order chi connectivity index (χ0) is 33.1. The summed E-state index contributed by atoms with van der Waals surface area (Å²) >= 11 is 0. The van der Waals surface area contributed by atoms with Crippen LogP contribution in [0.15, 0.2) is 24.3 Å². The number of carbonyl (C=O) groups is 1. The lowest BCUT2D eigenvalue weighted by atomic mass is 10.0. The second-order valence-electron chi connectivity index (χ2n) is 13.5. The van der Waals surface area contributed by atoms with Gasteiger partial charge in [-0.1, -0.05) is 173 Å². The molecule has 4 N–H and O–H groups in total. The monoisotopic (exact) mass is 636 g/mol. The Morgan fingerprint density at radius 2 is 0.956 bits per heavy atom. The highest BCUT2D eigenvalue weighted by Crippen LogP contribution is 2.15. The third-order valence-corrected chi connectivity index (χ3v) is 9.02. The van der Waals surface area contributed by atoms with Gasteiger partial charge >= 0.3 is 0 Å². The minimum absolute atomic E-state index is 0.0278. The molecule has 0 aromatic heterocycles. The molecule has 5 heteroatoms. The Balaban J connectivity index is 3.69. The number of aliphatic hydroxyl groups is 3. The molecule has 0 saturated heterocycles. The number of allylic oxidation sites excluding steroid dienone is 4. The first-order valence-corrected chi connectivity index (χ1v) is 19.6. The summed E-state index contributed by atoms with van der Waals surface area (Å²) in [5.41, 5.74) is 0. The van der Waals surface area contributed by atoms with E-state index in [0.717, 1.165) is 44.9 Å². The van der Waals surface area contributed by atoms with E-state index >= 15 is 0 Å². The predicted octanol–water partition coefficient (Wildman–Crippen LogP) is 10.7. The van der Waals surface area contributed by atoms with Crippen LogP contribution in [0.4, 0.5) is 0 Å². The molecule has 0 aliphatic rings. The van der Waals surface area contributed by atoms with Crippen LogP contribution >= 0.6 is 0 Å². The molecular weight excluding hydrogens is 558 g/mol. The van der Waals surface area contributed by atoms with Crippen LogP contribution in [0.25, 0.3) is 0 Å². The van der Waals surface area contributed by atoms with Crippen LogP contribution < -0.4 is 5.32 Å². The highest BCUT2D eigenvalue weighted by atomic mass is 16.3. The van der Waals surface area contributed by atoms with E-state index in [2.05, 4.69) is 43.5 Å². The maximum atomic E-state index is 12.4. The van der Waals surface area contributed by atoms with Crippen LogP contribution in [0.5, 0.6) is 0 Å². The van der Waals surface area contributed by atoms with E-state index in [4.69, 9.17) is 0 Å². The van der Waals surface area contributed by atoms with E-state index in [1.807, 2.05) is 0 Å². The van der Waals surface area contributed by atoms with Gasteiger partial charge in [0.2, 0.25) is 5.91 Å². The average Bonchev–Trinajstić information content (AvgIpc) is 3.03. The van der Waals surface area contributed by atoms with Crippen LogP contribution in [-0.2, 0) is 4.79 Å². The Kier molecular flexibility index (Phi) is 34.8. The first-order valence-electron chi connectivity index (χ1n) is 19.6. The largest absolute Gasteiger partial charge is 0.394 e. The van der Waals surface area contributed by atoms with Crippen molar-refractivity contribution in [3.8, 4) is 0 Å². The molecule has 0 aromatic rings. The van der Waals surface area contributed by atoms with E-state index in [1.54, 1.807) is 0 Å². The van der Waals surface area contributed by atoms with E-state index < -0.39 is 18.2 Å². The highest BCUT2D eigenvalue weighted by molar-refractivity contribution is 5.76. The fourth-order valence-electron chi connectivity index (χ4n) is 5.96. The third kappa shape index (κ3) is 32.6. The van der Waals surface area contributed by atoms with Crippen molar-refractivity contribution in [1.82, 2.24) is 5.32 Å². The van der Waals surface area contributed by atoms with Gasteiger partial charge in [0, 0.05) is 0 Å². The quantitative estimate of drug-likeness (QED) is 0.0412. The number of unbranched alkanes of at least 4 members (excludes halogenated alkanes) is 22. The number of rotatable bonds is 35. The molecule has 0 saturated carbocycles. The number of aliphatic hydroxyl groups excluding tert-OH is 3. The summed E-state index contributed by atoms with van der Waals surface area (Å²) in [5, 5.41) is 33.3. The summed E-state index contributed by atoms with van der Waals surface area (Å²) in [7, 11) is 0. The van der Waals surface area contributed by atoms with Crippen molar-refractivity contribution in [1.29, 1.82) is 0 Å². The lowest BCUT2D eigenvalue weighted by Gasteiger charge is -2.23. The Morgan fingerprint density at radius 1 is 0.556 bits per heavy atom. The highest BCUT2D eigenvalue weighted by Gasteiger charge is 2.21. The van der Waals surface area contributed by atoms with Gasteiger partial charge in [0.05, 0.1) is 31.3 Å². The number of nitrogens with one attached hydrogen (secondary N) is 1. The molecule has 0 aliphatic carbocycles. The third-order valence-electron chi connectivity index (χ3n) is 9.02. The molecular formula is C40H77NO4. The van der Waals surface area contributed by atoms with Gasteiger partial charge in [-0.05, 0) is 44.9 Å². The summed E-state index contributed by atoms with van der Waals surface area (Å²) in [6, 6.07) is -0.660. The Labute approximate surface area is 280 Å². The SMILES string of the molecule is CCCCC/C=C\C/C=C\CCCCCCCC(O)CC(=O)NC(CO)C(O)CCCCCCCCCCCCCCCCC. The second kappa shape index (κ2) is 35.7. The van der Waals surface area contributed by atoms with E-state index in [-0.39, 0.29) is 18.9 Å². The Morgan fingerprint density at radius 3 is 1.44 bits per heavy atom.